The lowest BCUT2D eigenvalue weighted by atomic mass is 9.73. The average Bonchev–Trinajstić information content (AvgIpc) is 2.97. The van der Waals surface area contributed by atoms with E-state index < -0.39 is 49.6 Å². The third kappa shape index (κ3) is 5.43. The molecule has 0 radical (unpaired) electrons. The molecule has 4 rings (SSSR count). The first-order valence-corrected chi connectivity index (χ1v) is 13.7. The number of aliphatic hydroxyl groups is 2. The Labute approximate surface area is 218 Å². The molecule has 0 saturated heterocycles. The van der Waals surface area contributed by atoms with E-state index in [0.717, 1.165) is 6.07 Å². The Balaban J connectivity index is 1.58. The highest BCUT2D eigenvalue weighted by Gasteiger charge is 2.54. The number of fused-ring (bicyclic) bond motifs is 2. The minimum absolute atomic E-state index is 0.0921. The molecule has 11 heteroatoms. The van der Waals surface area contributed by atoms with Crippen molar-refractivity contribution in [2.75, 3.05) is 5.32 Å². The predicted octanol–water partition coefficient (Wildman–Crippen LogP) is 5.03. The van der Waals surface area contributed by atoms with Crippen molar-refractivity contribution in [1.29, 1.82) is 0 Å². The fourth-order valence-corrected chi connectivity index (χ4v) is 7.68. The number of halogens is 4. The molecule has 2 fully saturated rings. The topological polar surface area (TPSA) is 104 Å². The van der Waals surface area contributed by atoms with Crippen LogP contribution in [0.3, 0.4) is 0 Å². The van der Waals surface area contributed by atoms with E-state index in [1.807, 2.05) is 0 Å². The zero-order valence-corrected chi connectivity index (χ0v) is 21.7. The highest BCUT2D eigenvalue weighted by molar-refractivity contribution is 7.92. The van der Waals surface area contributed by atoms with Crippen LogP contribution in [0.15, 0.2) is 47.4 Å². The fourth-order valence-electron chi connectivity index (χ4n) is 5.28. The van der Waals surface area contributed by atoms with Gasteiger partial charge in [0.15, 0.2) is 27.3 Å². The minimum Gasteiger partial charge on any atom is -0.386 e. The summed E-state index contributed by atoms with van der Waals surface area (Å²) < 4.78 is 67.4. The number of sulfone groups is 1. The molecule has 37 heavy (non-hydrogen) atoms. The van der Waals surface area contributed by atoms with Crippen LogP contribution in [0.2, 0.25) is 5.02 Å². The molecule has 2 aliphatic carbocycles. The Morgan fingerprint density at radius 1 is 1.11 bits per heavy atom. The summed E-state index contributed by atoms with van der Waals surface area (Å²) in [5, 5.41) is 22.6. The summed E-state index contributed by atoms with van der Waals surface area (Å²) >= 11 is 6.23. The quantitative estimate of drug-likeness (QED) is 0.341. The Hall–Kier alpha value is -2.40. The number of carbonyl (C=O) groups excluding carboxylic acids is 1. The smallest absolute Gasteiger partial charge is 0.255 e. The SMILES string of the molecule is CC(C)(O)/C=C\C1(O)C2CC[C@H]1CC(S(=O)(=O)c1cc(C(=O)Nc3cc(F)c(F)c(F)c3)ccc1Cl)C2. The number of carbonyl (C=O) groups is 1. The number of nitrogens with one attached hydrogen (secondary N) is 1. The molecule has 0 aromatic heterocycles. The van der Waals surface area contributed by atoms with Gasteiger partial charge in [0.1, 0.15) is 0 Å². The standard InChI is InChI=1S/C26H27ClF3NO5S/c1-25(2,33)7-8-26(34)15-4-5-16(26)11-18(10-15)37(35,36)22-9-14(3-6-19(22)27)24(32)31-17-12-20(28)23(30)21(29)13-17/h3,6-9,12-13,15-16,18,33-34H,4-5,10-11H2,1-2H3,(H,31,32)/b8-7-/t15-,16?,18?,26?/m0/s1. The molecule has 1 amide bonds. The van der Waals surface area contributed by atoms with Gasteiger partial charge >= 0.3 is 0 Å². The number of rotatable bonds is 6. The maximum Gasteiger partial charge on any atom is 0.255 e. The highest BCUT2D eigenvalue weighted by atomic mass is 35.5. The molecule has 0 aliphatic heterocycles. The predicted molar refractivity (Wildman–Crippen MR) is 133 cm³/mol. The summed E-state index contributed by atoms with van der Waals surface area (Å²) in [6.07, 6.45) is 4.70. The molecule has 3 unspecified atom stereocenters. The van der Waals surface area contributed by atoms with Gasteiger partial charge in [0, 0.05) is 23.4 Å². The van der Waals surface area contributed by atoms with E-state index in [9.17, 15) is 36.6 Å². The third-order valence-electron chi connectivity index (χ3n) is 7.20. The van der Waals surface area contributed by atoms with Gasteiger partial charge in [-0.15, -0.1) is 0 Å². The van der Waals surface area contributed by atoms with Crippen LogP contribution in [-0.4, -0.2) is 41.0 Å². The first-order valence-electron chi connectivity index (χ1n) is 11.8. The van der Waals surface area contributed by atoms with Crippen LogP contribution in [-0.2, 0) is 9.84 Å². The van der Waals surface area contributed by atoms with Crippen molar-refractivity contribution in [3.63, 3.8) is 0 Å². The number of hydrogen-bond donors (Lipinski definition) is 3. The van der Waals surface area contributed by atoms with Crippen LogP contribution in [0.1, 0.15) is 49.9 Å². The van der Waals surface area contributed by atoms with Gasteiger partial charge in [-0.25, -0.2) is 21.6 Å². The monoisotopic (exact) mass is 557 g/mol. The Morgan fingerprint density at radius 3 is 2.22 bits per heavy atom. The van der Waals surface area contributed by atoms with Gasteiger partial charge in [-0.2, -0.15) is 0 Å². The molecule has 6 nitrogen and oxygen atoms in total. The third-order valence-corrected chi connectivity index (χ3v) is 9.86. The van der Waals surface area contributed by atoms with E-state index in [-0.39, 0.29) is 45.8 Å². The number of amides is 1. The van der Waals surface area contributed by atoms with Gasteiger partial charge in [-0.3, -0.25) is 4.79 Å². The van der Waals surface area contributed by atoms with Crippen LogP contribution in [0, 0.1) is 29.3 Å². The zero-order chi connectivity index (χ0) is 27.3. The minimum atomic E-state index is -4.03. The molecule has 0 spiro atoms. The van der Waals surface area contributed by atoms with Crippen LogP contribution < -0.4 is 5.32 Å². The first kappa shape index (κ1) is 27.6. The van der Waals surface area contributed by atoms with Gasteiger partial charge in [0.05, 0.1) is 26.4 Å². The maximum atomic E-state index is 13.6. The van der Waals surface area contributed by atoms with Crippen LogP contribution in [0.4, 0.5) is 18.9 Å². The van der Waals surface area contributed by atoms with Crippen LogP contribution in [0.25, 0.3) is 0 Å². The van der Waals surface area contributed by atoms with Crippen LogP contribution >= 0.6 is 11.6 Å². The van der Waals surface area contributed by atoms with Crippen molar-refractivity contribution in [1.82, 2.24) is 0 Å². The zero-order valence-electron chi connectivity index (χ0n) is 20.1. The Kier molecular flexibility index (Phi) is 7.26. The molecule has 2 aliphatic rings. The van der Waals surface area contributed by atoms with E-state index in [1.54, 1.807) is 19.9 Å². The summed E-state index contributed by atoms with van der Waals surface area (Å²) in [5.74, 6) is -6.19. The van der Waals surface area contributed by atoms with Gasteiger partial charge in [0.2, 0.25) is 0 Å². The molecule has 0 heterocycles. The summed E-state index contributed by atoms with van der Waals surface area (Å²) in [4.78, 5) is 12.4. The van der Waals surface area contributed by atoms with E-state index in [2.05, 4.69) is 5.32 Å². The second-order valence-corrected chi connectivity index (χ2v) is 12.9. The fraction of sp³-hybridized carbons (Fsp3) is 0.423. The van der Waals surface area contributed by atoms with Crippen LogP contribution in [0.5, 0.6) is 0 Å². The van der Waals surface area contributed by atoms with E-state index in [1.165, 1.54) is 18.2 Å². The summed E-state index contributed by atoms with van der Waals surface area (Å²) in [6.45, 7) is 3.16. The average molecular weight is 558 g/mol. The summed E-state index contributed by atoms with van der Waals surface area (Å²) in [5.41, 5.74) is -2.82. The largest absolute Gasteiger partial charge is 0.386 e. The highest BCUT2D eigenvalue weighted by Crippen LogP contribution is 2.53. The van der Waals surface area contributed by atoms with Crippen molar-refractivity contribution in [3.05, 3.63) is 70.5 Å². The Morgan fingerprint density at radius 2 is 1.68 bits per heavy atom. The van der Waals surface area contributed by atoms with Crippen molar-refractivity contribution >= 4 is 33.0 Å². The molecule has 2 aromatic carbocycles. The second-order valence-electron chi connectivity index (χ2n) is 10.3. The first-order chi connectivity index (χ1) is 17.1. The van der Waals surface area contributed by atoms with E-state index >= 15 is 0 Å². The molecular formula is C26H27ClF3NO5S. The molecule has 3 N–H and O–H groups in total. The van der Waals surface area contributed by atoms with E-state index in [0.29, 0.717) is 25.0 Å². The van der Waals surface area contributed by atoms with Crippen molar-refractivity contribution in [2.45, 2.75) is 60.9 Å². The molecule has 2 aromatic rings. The maximum absolute atomic E-state index is 13.6. The number of anilines is 1. The van der Waals surface area contributed by atoms with Gasteiger partial charge in [-0.1, -0.05) is 23.8 Å². The molecule has 2 saturated carbocycles. The second kappa shape index (κ2) is 9.72. The van der Waals surface area contributed by atoms with Gasteiger partial charge in [-0.05, 0) is 69.6 Å². The molecule has 2 bridgehead atoms. The number of hydrogen-bond acceptors (Lipinski definition) is 5. The van der Waals surface area contributed by atoms with Crippen molar-refractivity contribution in [3.8, 4) is 0 Å². The lowest BCUT2D eigenvalue weighted by Crippen LogP contribution is -2.47. The molecule has 4 atom stereocenters. The molecular weight excluding hydrogens is 531 g/mol. The Bertz CT molecular complexity index is 1340. The lowest BCUT2D eigenvalue weighted by Gasteiger charge is -2.41. The van der Waals surface area contributed by atoms with Gasteiger partial charge in [0.25, 0.3) is 5.91 Å². The molecule has 200 valence electrons. The van der Waals surface area contributed by atoms with Crippen molar-refractivity contribution in [2.24, 2.45) is 11.8 Å². The van der Waals surface area contributed by atoms with E-state index in [4.69, 9.17) is 11.6 Å². The van der Waals surface area contributed by atoms with Crippen molar-refractivity contribution < 1.29 is 36.6 Å². The summed E-state index contributed by atoms with van der Waals surface area (Å²) in [7, 11) is -4.03. The number of benzene rings is 2. The lowest BCUT2D eigenvalue weighted by molar-refractivity contribution is -0.0159. The normalized spacial score (nSPS) is 26.0. The summed E-state index contributed by atoms with van der Waals surface area (Å²) in [6, 6.07) is 4.82. The van der Waals surface area contributed by atoms with Gasteiger partial charge < -0.3 is 15.5 Å².